The maximum Gasteiger partial charge on any atom is 0.261 e. The van der Waals surface area contributed by atoms with Crippen LogP contribution in [0.25, 0.3) is 0 Å². The van der Waals surface area contributed by atoms with Gasteiger partial charge in [-0.05, 0) is 28.8 Å². The molecule has 0 aromatic heterocycles. The third-order valence-electron chi connectivity index (χ3n) is 7.97. The van der Waals surface area contributed by atoms with Gasteiger partial charge in [0.15, 0.2) is 5.79 Å². The Morgan fingerprint density at radius 3 is 1.97 bits per heavy atom. The zero-order valence-corrected chi connectivity index (χ0v) is 22.4. The van der Waals surface area contributed by atoms with Crippen LogP contribution in [0.2, 0.25) is 5.04 Å². The summed E-state index contributed by atoms with van der Waals surface area (Å²) in [5, 5.41) is 2.28. The molecule has 4 rings (SSSR count). The van der Waals surface area contributed by atoms with E-state index in [0.29, 0.717) is 26.2 Å². The van der Waals surface area contributed by atoms with Crippen LogP contribution in [0.1, 0.15) is 60.3 Å². The number of ketones is 1. The van der Waals surface area contributed by atoms with Gasteiger partial charge in [0.1, 0.15) is 11.2 Å². The normalized spacial score (nSPS) is 24.7. The van der Waals surface area contributed by atoms with Gasteiger partial charge in [-0.3, -0.25) is 4.79 Å². The van der Waals surface area contributed by atoms with Crippen molar-refractivity contribution in [1.29, 1.82) is 0 Å². The molecule has 0 radical (unpaired) electrons. The Morgan fingerprint density at radius 1 is 0.971 bits per heavy atom. The maximum atomic E-state index is 13.6. The zero-order chi connectivity index (χ0) is 24.5. The van der Waals surface area contributed by atoms with Crippen molar-refractivity contribution >= 4 is 24.5 Å². The number of hydrogen-bond acceptors (Lipinski definition) is 4. The highest BCUT2D eigenvalue weighted by Gasteiger charge is 2.67. The van der Waals surface area contributed by atoms with Gasteiger partial charge >= 0.3 is 0 Å². The Hall–Kier alpha value is -1.79. The van der Waals surface area contributed by atoms with E-state index in [4.69, 9.17) is 13.9 Å². The predicted octanol–water partition coefficient (Wildman–Crippen LogP) is 5.09. The van der Waals surface area contributed by atoms with Crippen molar-refractivity contribution in [1.82, 2.24) is 0 Å². The smallest absolute Gasteiger partial charge is 0.261 e. The van der Waals surface area contributed by atoms with E-state index in [1.165, 1.54) is 10.4 Å². The van der Waals surface area contributed by atoms with Crippen LogP contribution in [-0.2, 0) is 18.7 Å². The minimum atomic E-state index is -2.77. The van der Waals surface area contributed by atoms with Crippen LogP contribution in [0, 0.1) is 11.3 Å². The molecule has 0 amide bonds. The summed E-state index contributed by atoms with van der Waals surface area (Å²) in [5.74, 6) is -0.603. The van der Waals surface area contributed by atoms with E-state index in [-0.39, 0.29) is 16.7 Å². The van der Waals surface area contributed by atoms with Gasteiger partial charge in [-0.2, -0.15) is 0 Å². The van der Waals surface area contributed by atoms with Crippen molar-refractivity contribution in [2.45, 2.75) is 71.1 Å². The van der Waals surface area contributed by atoms with Crippen molar-refractivity contribution in [3.8, 4) is 0 Å². The number of hydrogen-bond donors (Lipinski definition) is 0. The molecule has 2 aliphatic rings. The lowest BCUT2D eigenvalue weighted by Crippen LogP contribution is -2.68. The van der Waals surface area contributed by atoms with Crippen molar-refractivity contribution in [2.24, 2.45) is 11.3 Å². The first-order valence-corrected chi connectivity index (χ1v) is 14.7. The van der Waals surface area contributed by atoms with Gasteiger partial charge in [0, 0.05) is 12.3 Å². The third kappa shape index (κ3) is 4.01. The SMILES string of the molecule is CCCCC1CC(=O)[C@](C)(CO[Si](c2ccccc2)(c2ccccc2)C(C)(C)C)C12OCCO2. The lowest BCUT2D eigenvalue weighted by atomic mass is 9.80. The molecule has 1 saturated carbocycles. The number of carbonyl (C=O) groups is 1. The predicted molar refractivity (Wildman–Crippen MR) is 139 cm³/mol. The Bertz CT molecular complexity index is 923. The van der Waals surface area contributed by atoms with E-state index >= 15 is 0 Å². The van der Waals surface area contributed by atoms with E-state index < -0.39 is 19.5 Å². The molecule has 2 aromatic rings. The standard InChI is InChI=1S/C29H40O4Si/c1-6-7-14-23-21-26(30)28(5,29(23)31-19-20-32-29)22-33-34(27(2,3)4,24-15-10-8-11-16-24)25-17-12-9-13-18-25/h8-13,15-18,23H,6-7,14,19-22H2,1-5H3/t23?,28-/m0/s1. The van der Waals surface area contributed by atoms with E-state index in [1.54, 1.807) is 0 Å². The summed E-state index contributed by atoms with van der Waals surface area (Å²) in [4.78, 5) is 13.6. The van der Waals surface area contributed by atoms with Gasteiger partial charge in [0.05, 0.1) is 19.8 Å². The molecule has 1 aliphatic heterocycles. The van der Waals surface area contributed by atoms with Crippen molar-refractivity contribution in [3.05, 3.63) is 60.7 Å². The van der Waals surface area contributed by atoms with E-state index in [9.17, 15) is 4.79 Å². The monoisotopic (exact) mass is 480 g/mol. The highest BCUT2D eigenvalue weighted by molar-refractivity contribution is 6.99. The minimum Gasteiger partial charge on any atom is -0.406 e. The van der Waals surface area contributed by atoms with Gasteiger partial charge < -0.3 is 13.9 Å². The summed E-state index contributed by atoms with van der Waals surface area (Å²) >= 11 is 0. The number of rotatable bonds is 8. The lowest BCUT2D eigenvalue weighted by molar-refractivity contribution is -0.245. The Morgan fingerprint density at radius 2 is 1.50 bits per heavy atom. The molecule has 0 N–H and O–H groups in total. The first-order valence-electron chi connectivity index (χ1n) is 12.8. The Balaban J connectivity index is 1.78. The van der Waals surface area contributed by atoms with Crippen molar-refractivity contribution < 1.29 is 18.7 Å². The fraction of sp³-hybridized carbons (Fsp3) is 0.552. The third-order valence-corrected chi connectivity index (χ3v) is 13.0. The van der Waals surface area contributed by atoms with Crippen LogP contribution in [0.3, 0.4) is 0 Å². The fourth-order valence-electron chi connectivity index (χ4n) is 6.15. The lowest BCUT2D eigenvalue weighted by Gasteiger charge is -2.47. The largest absolute Gasteiger partial charge is 0.406 e. The van der Waals surface area contributed by atoms with Gasteiger partial charge in [-0.1, -0.05) is 101 Å². The molecule has 2 fully saturated rings. The highest BCUT2D eigenvalue weighted by atomic mass is 28.4. The highest BCUT2D eigenvalue weighted by Crippen LogP contribution is 2.55. The van der Waals surface area contributed by atoms with Gasteiger partial charge in [0.2, 0.25) is 0 Å². The van der Waals surface area contributed by atoms with Crippen LogP contribution in [0.5, 0.6) is 0 Å². The molecule has 4 nitrogen and oxygen atoms in total. The molecular formula is C29H40O4Si. The molecular weight excluding hydrogens is 440 g/mol. The Labute approximate surface area is 206 Å². The number of unbranched alkanes of at least 4 members (excludes halogenated alkanes) is 1. The quantitative estimate of drug-likeness (QED) is 0.494. The second-order valence-electron chi connectivity index (χ2n) is 11.1. The van der Waals surface area contributed by atoms with Gasteiger partial charge in [0.25, 0.3) is 8.32 Å². The molecule has 1 saturated heterocycles. The van der Waals surface area contributed by atoms with E-state index in [0.717, 1.165) is 19.3 Å². The molecule has 1 aliphatic carbocycles. The summed E-state index contributed by atoms with van der Waals surface area (Å²) < 4.78 is 19.9. The Kier molecular flexibility index (Phi) is 7.21. The van der Waals surface area contributed by atoms with E-state index in [2.05, 4.69) is 76.2 Å². The van der Waals surface area contributed by atoms with Crippen LogP contribution in [-0.4, -0.2) is 39.7 Å². The second kappa shape index (κ2) is 9.69. The van der Waals surface area contributed by atoms with Crippen LogP contribution >= 0.6 is 0 Å². The number of carbonyl (C=O) groups excluding carboxylic acids is 1. The first kappa shape index (κ1) is 25.3. The van der Waals surface area contributed by atoms with E-state index in [1.807, 2.05) is 19.1 Å². The average molecular weight is 481 g/mol. The topological polar surface area (TPSA) is 44.8 Å². The number of ether oxygens (including phenoxy) is 2. The minimum absolute atomic E-state index is 0.0789. The summed E-state index contributed by atoms with van der Waals surface area (Å²) in [5.41, 5.74) is -0.838. The van der Waals surface area contributed by atoms with Crippen molar-refractivity contribution in [3.63, 3.8) is 0 Å². The molecule has 0 bridgehead atoms. The fourth-order valence-corrected chi connectivity index (χ4v) is 10.8. The molecule has 1 spiro atoms. The van der Waals surface area contributed by atoms with Crippen LogP contribution in [0.15, 0.2) is 60.7 Å². The molecule has 1 unspecified atom stereocenters. The molecule has 184 valence electrons. The molecule has 1 heterocycles. The zero-order valence-electron chi connectivity index (χ0n) is 21.4. The molecule has 34 heavy (non-hydrogen) atoms. The average Bonchev–Trinajstić information content (AvgIpc) is 3.40. The summed E-state index contributed by atoms with van der Waals surface area (Å²) in [6, 6.07) is 21.2. The molecule has 2 atom stereocenters. The molecule has 5 heteroatoms. The number of Topliss-reactive ketones (excluding diaryl/α,β-unsaturated/α-hetero) is 1. The van der Waals surface area contributed by atoms with Crippen LogP contribution in [0.4, 0.5) is 0 Å². The summed E-state index contributed by atoms with van der Waals surface area (Å²) in [6.07, 6.45) is 3.60. The van der Waals surface area contributed by atoms with Gasteiger partial charge in [-0.25, -0.2) is 0 Å². The molecule has 2 aromatic carbocycles. The summed E-state index contributed by atoms with van der Waals surface area (Å²) in [6.45, 7) is 12.4. The maximum absolute atomic E-state index is 13.6. The first-order chi connectivity index (χ1) is 16.2. The summed E-state index contributed by atoms with van der Waals surface area (Å²) in [7, 11) is -2.77. The van der Waals surface area contributed by atoms with Crippen molar-refractivity contribution in [2.75, 3.05) is 19.8 Å². The second-order valence-corrected chi connectivity index (χ2v) is 15.4. The number of benzene rings is 2. The van der Waals surface area contributed by atoms with Gasteiger partial charge in [-0.15, -0.1) is 0 Å². The van der Waals surface area contributed by atoms with Crippen LogP contribution < -0.4 is 10.4 Å².